The number of anilines is 2. The van der Waals surface area contributed by atoms with Crippen molar-refractivity contribution in [2.45, 2.75) is 77.7 Å². The summed E-state index contributed by atoms with van der Waals surface area (Å²) in [5.74, 6) is 0.903. The molecule has 11 aromatic carbocycles. The number of aryl methyl sites for hydroxylation is 3. The van der Waals surface area contributed by atoms with Gasteiger partial charge in [-0.3, -0.25) is 0 Å². The zero-order chi connectivity index (χ0) is 59.3. The Morgan fingerprint density at radius 3 is 1.80 bits per heavy atom. The maximum Gasteiger partial charge on any atom is 0.0633 e. The van der Waals surface area contributed by atoms with Crippen LogP contribution in [0.4, 0.5) is 11.4 Å². The average Bonchev–Trinajstić information content (AvgIpc) is 2.71. The molecule has 3 unspecified atom stereocenters. The smallest absolute Gasteiger partial charge is 0.0633 e. The molecular formula is C87H70N2. The highest BCUT2D eigenvalue weighted by Gasteiger charge is 2.37. The summed E-state index contributed by atoms with van der Waals surface area (Å²) in [4.78, 5) is 2.62. The number of hydrogen-bond donors (Lipinski definition) is 0. The molecule has 2 nitrogen and oxygen atoms in total. The Hall–Kier alpha value is -10.0. The Morgan fingerprint density at radius 2 is 1.06 bits per heavy atom. The summed E-state index contributed by atoms with van der Waals surface area (Å²) in [6, 6.07) is 94.5. The highest BCUT2D eigenvalue weighted by atomic mass is 15.2. The van der Waals surface area contributed by atoms with Gasteiger partial charge in [-0.25, -0.2) is 0 Å². The van der Waals surface area contributed by atoms with Crippen LogP contribution in [0.25, 0.3) is 94.3 Å². The molecule has 0 bridgehead atoms. The van der Waals surface area contributed by atoms with E-state index >= 15 is 0 Å². The molecule has 5 aliphatic rings. The van der Waals surface area contributed by atoms with E-state index in [4.69, 9.17) is 0 Å². The molecule has 0 amide bonds. The van der Waals surface area contributed by atoms with Gasteiger partial charge in [-0.05, 0) is 254 Å². The number of hydrogen-bond acceptors (Lipinski definition) is 1. The first kappa shape index (κ1) is 53.2. The number of fused-ring (bicyclic) bond motifs is 9. The van der Waals surface area contributed by atoms with Gasteiger partial charge in [0.15, 0.2) is 0 Å². The molecule has 17 rings (SSSR count). The number of aromatic nitrogens is 1. The molecule has 0 fully saturated rings. The lowest BCUT2D eigenvalue weighted by Gasteiger charge is -2.36. The van der Waals surface area contributed by atoms with Crippen molar-refractivity contribution in [1.82, 2.24) is 4.57 Å². The van der Waals surface area contributed by atoms with Gasteiger partial charge in [0.2, 0.25) is 0 Å². The molecule has 0 radical (unpaired) electrons. The summed E-state index contributed by atoms with van der Waals surface area (Å²) in [6.07, 6.45) is 15.6. The first-order chi connectivity index (χ1) is 43.8. The van der Waals surface area contributed by atoms with E-state index in [-0.39, 0.29) is 6.04 Å². The van der Waals surface area contributed by atoms with Crippen LogP contribution in [0.15, 0.2) is 273 Å². The molecule has 428 valence electrons. The molecule has 89 heavy (non-hydrogen) atoms. The number of benzene rings is 11. The predicted octanol–water partition coefficient (Wildman–Crippen LogP) is 22.9. The topological polar surface area (TPSA) is 8.17 Å². The van der Waals surface area contributed by atoms with Crippen molar-refractivity contribution in [1.29, 1.82) is 0 Å². The van der Waals surface area contributed by atoms with Gasteiger partial charge in [-0.1, -0.05) is 207 Å². The van der Waals surface area contributed by atoms with E-state index in [2.05, 4.69) is 297 Å². The minimum absolute atomic E-state index is 0.166. The largest absolute Gasteiger partial charge is 0.333 e. The van der Waals surface area contributed by atoms with Crippen LogP contribution < -0.4 is 4.90 Å². The summed E-state index contributed by atoms with van der Waals surface area (Å²) in [7, 11) is 0. The van der Waals surface area contributed by atoms with Gasteiger partial charge in [0.1, 0.15) is 0 Å². The van der Waals surface area contributed by atoms with Crippen LogP contribution in [0.1, 0.15) is 107 Å². The summed E-state index contributed by atoms with van der Waals surface area (Å²) < 4.78 is 2.49. The van der Waals surface area contributed by atoms with Crippen molar-refractivity contribution < 1.29 is 0 Å². The Labute approximate surface area is 523 Å². The van der Waals surface area contributed by atoms with E-state index in [0.717, 1.165) is 19.3 Å². The fraction of sp³-hybridized carbons (Fsp3) is 0.149. The van der Waals surface area contributed by atoms with Crippen LogP contribution >= 0.6 is 0 Å². The van der Waals surface area contributed by atoms with Gasteiger partial charge in [-0.15, -0.1) is 0 Å². The van der Waals surface area contributed by atoms with Crippen molar-refractivity contribution in [2.24, 2.45) is 5.92 Å². The first-order valence-corrected chi connectivity index (χ1v) is 32.4. The highest BCUT2D eigenvalue weighted by Crippen LogP contribution is 2.53. The SMILES string of the molecule is Cc1cc(N2c3ccc(-c4ccccc4)cc3C3=CC(c4cccc(/C5=C/C(C)CCCc6ccccc65)c4)=CCC32)ccc1-c1ccc(-n2c3ccc(-c4ccccc4)cc3c3cc(-c4cccc(C5CC6=C(CC6)c6ccccc65)c4)ccc32)cc1C. The van der Waals surface area contributed by atoms with Gasteiger partial charge in [0.05, 0.1) is 17.1 Å². The summed E-state index contributed by atoms with van der Waals surface area (Å²) in [5.41, 5.74) is 36.9. The standard InChI is InChI=1S/C87H70N2/c1-55-17-14-23-60-22-10-11-28-74(60)78(45-55)67-26-15-24-61(48-67)65-34-43-86-82(52-65)80-50-63(58-18-6-4-7-19-58)32-41-84(80)88(86)70-36-39-72(56(2)46-70)73-40-37-71(47-57(73)3)89-85-42-33-64(59-20-8-5-9-21-59)51-81(85)83-53-66(35-44-87(83)89)62-25-16-27-68(49-62)79-54-69-31-38-75(69)76-29-12-13-30-77(76)79/h4-13,15-16,18-22,24-30,32-37,39-42,44-53,55,79,86H,14,17,23,31,38,43,54H2,1-3H3/b78-45-. The molecule has 3 atom stereocenters. The number of rotatable bonds is 9. The highest BCUT2D eigenvalue weighted by molar-refractivity contribution is 6.12. The molecule has 2 heteroatoms. The third-order valence-electron chi connectivity index (χ3n) is 20.5. The molecule has 4 aliphatic carbocycles. The van der Waals surface area contributed by atoms with Crippen molar-refractivity contribution in [2.75, 3.05) is 4.90 Å². The third-order valence-corrected chi connectivity index (χ3v) is 20.5. The fourth-order valence-electron chi connectivity index (χ4n) is 16.0. The van der Waals surface area contributed by atoms with Crippen LogP contribution in [0, 0.1) is 19.8 Å². The normalized spacial score (nSPS) is 18.1. The summed E-state index contributed by atoms with van der Waals surface area (Å²) >= 11 is 0. The Bertz CT molecular complexity index is 4980. The van der Waals surface area contributed by atoms with Crippen molar-refractivity contribution in [3.05, 3.63) is 328 Å². The lowest BCUT2D eigenvalue weighted by Crippen LogP contribution is -2.27. The second-order valence-corrected chi connectivity index (χ2v) is 25.9. The zero-order valence-electron chi connectivity index (χ0n) is 51.0. The second-order valence-electron chi connectivity index (χ2n) is 25.9. The van der Waals surface area contributed by atoms with E-state index in [1.165, 1.54) is 181 Å². The fourth-order valence-corrected chi connectivity index (χ4v) is 16.0. The van der Waals surface area contributed by atoms with Gasteiger partial charge < -0.3 is 9.47 Å². The van der Waals surface area contributed by atoms with Crippen LogP contribution in [0.3, 0.4) is 0 Å². The van der Waals surface area contributed by atoms with Gasteiger partial charge >= 0.3 is 0 Å². The molecule has 1 aliphatic heterocycles. The van der Waals surface area contributed by atoms with Crippen molar-refractivity contribution >= 4 is 55.5 Å². The second kappa shape index (κ2) is 21.7. The lowest BCUT2D eigenvalue weighted by molar-refractivity contribution is 0.603. The maximum absolute atomic E-state index is 2.62. The molecule has 12 aromatic rings. The van der Waals surface area contributed by atoms with Crippen LogP contribution in [-0.4, -0.2) is 10.6 Å². The average molecular weight is 1140 g/mol. The van der Waals surface area contributed by atoms with Crippen LogP contribution in [0.5, 0.6) is 0 Å². The molecule has 2 heterocycles. The number of nitrogens with zero attached hydrogens (tertiary/aromatic N) is 2. The Balaban J connectivity index is 0.710. The monoisotopic (exact) mass is 1140 g/mol. The zero-order valence-corrected chi connectivity index (χ0v) is 51.0. The van der Waals surface area contributed by atoms with E-state index < -0.39 is 0 Å². The first-order valence-electron chi connectivity index (χ1n) is 32.4. The molecule has 0 saturated carbocycles. The van der Waals surface area contributed by atoms with Gasteiger partial charge in [-0.2, -0.15) is 0 Å². The van der Waals surface area contributed by atoms with Gasteiger partial charge in [0.25, 0.3) is 0 Å². The van der Waals surface area contributed by atoms with Crippen molar-refractivity contribution in [3.8, 4) is 50.2 Å². The van der Waals surface area contributed by atoms with Gasteiger partial charge in [0, 0.05) is 39.3 Å². The third kappa shape index (κ3) is 9.22. The van der Waals surface area contributed by atoms with Crippen LogP contribution in [0.2, 0.25) is 0 Å². The Morgan fingerprint density at radius 1 is 0.438 bits per heavy atom. The summed E-state index contributed by atoms with van der Waals surface area (Å²) in [6.45, 7) is 6.97. The molecule has 0 saturated heterocycles. The van der Waals surface area contributed by atoms with E-state index in [1.54, 1.807) is 11.1 Å². The lowest BCUT2D eigenvalue weighted by atomic mass is 9.68. The molecular weight excluding hydrogens is 1070 g/mol. The van der Waals surface area contributed by atoms with E-state index in [9.17, 15) is 0 Å². The quantitative estimate of drug-likeness (QED) is 0.140. The molecule has 0 N–H and O–H groups in total. The molecule has 1 aromatic heterocycles. The van der Waals surface area contributed by atoms with E-state index in [0.29, 0.717) is 11.8 Å². The van der Waals surface area contributed by atoms with Crippen LogP contribution in [-0.2, 0) is 6.42 Å². The van der Waals surface area contributed by atoms with E-state index in [1.807, 2.05) is 0 Å². The minimum atomic E-state index is 0.166. The minimum Gasteiger partial charge on any atom is -0.333 e. The summed E-state index contributed by atoms with van der Waals surface area (Å²) in [5, 5.41) is 2.52. The maximum atomic E-state index is 2.62. The predicted molar refractivity (Wildman–Crippen MR) is 376 cm³/mol. The van der Waals surface area contributed by atoms with Crippen molar-refractivity contribution in [3.63, 3.8) is 0 Å². The molecule has 0 spiro atoms. The number of allylic oxidation sites excluding steroid dienone is 5. The Kier molecular flexibility index (Phi) is 13.0.